The van der Waals surface area contributed by atoms with Crippen LogP contribution in [-0.2, 0) is 0 Å². The van der Waals surface area contributed by atoms with Crippen LogP contribution in [0.4, 0.5) is 11.4 Å². The summed E-state index contributed by atoms with van der Waals surface area (Å²) in [4.78, 5) is 7.81. The number of fused-ring (bicyclic) bond motifs is 1. The molecule has 1 aromatic rings. The average molecular weight is 285 g/mol. The molecule has 0 radical (unpaired) electrons. The van der Waals surface area contributed by atoms with Crippen molar-refractivity contribution in [1.29, 1.82) is 0 Å². The lowest BCUT2D eigenvalue weighted by molar-refractivity contribution is 0.231. The van der Waals surface area contributed by atoms with Crippen molar-refractivity contribution in [3.8, 4) is 0 Å². The molecule has 0 amide bonds. The molecule has 4 rings (SSSR count). The molecule has 0 bridgehead atoms. The molecule has 3 aliphatic heterocycles. The van der Waals surface area contributed by atoms with E-state index in [0.717, 1.165) is 6.04 Å². The van der Waals surface area contributed by atoms with Gasteiger partial charge in [0.05, 0.1) is 0 Å². The molecular formula is C18H27N3. The first kappa shape index (κ1) is 13.4. The number of benzene rings is 1. The second-order valence-electron chi connectivity index (χ2n) is 6.84. The van der Waals surface area contributed by atoms with E-state index in [-0.39, 0.29) is 0 Å². The maximum absolute atomic E-state index is 2.68. The lowest BCUT2D eigenvalue weighted by Crippen LogP contribution is -2.50. The third-order valence-electron chi connectivity index (χ3n) is 5.52. The molecule has 3 aliphatic rings. The van der Waals surface area contributed by atoms with E-state index < -0.39 is 0 Å². The van der Waals surface area contributed by atoms with E-state index in [4.69, 9.17) is 0 Å². The van der Waals surface area contributed by atoms with Gasteiger partial charge in [-0.25, -0.2) is 0 Å². The summed E-state index contributed by atoms with van der Waals surface area (Å²) in [5, 5.41) is 0. The van der Waals surface area contributed by atoms with Gasteiger partial charge in [-0.2, -0.15) is 0 Å². The molecule has 0 saturated carbocycles. The van der Waals surface area contributed by atoms with Crippen LogP contribution in [0.5, 0.6) is 0 Å². The highest BCUT2D eigenvalue weighted by Gasteiger charge is 2.30. The van der Waals surface area contributed by atoms with Gasteiger partial charge >= 0.3 is 0 Å². The third kappa shape index (κ3) is 2.76. The van der Waals surface area contributed by atoms with Gasteiger partial charge < -0.3 is 9.80 Å². The largest absolute Gasteiger partial charge is 0.372 e. The van der Waals surface area contributed by atoms with Gasteiger partial charge in [-0.3, -0.25) is 4.90 Å². The number of rotatable bonds is 2. The Bertz CT molecular complexity index is 464. The van der Waals surface area contributed by atoms with Gasteiger partial charge in [-0.1, -0.05) is 0 Å². The summed E-state index contributed by atoms with van der Waals surface area (Å²) in [7, 11) is 0. The van der Waals surface area contributed by atoms with E-state index in [9.17, 15) is 0 Å². The van der Waals surface area contributed by atoms with Crippen molar-refractivity contribution in [2.24, 2.45) is 0 Å². The summed E-state index contributed by atoms with van der Waals surface area (Å²) >= 11 is 0. The quantitative estimate of drug-likeness (QED) is 0.827. The lowest BCUT2D eigenvalue weighted by Gasteiger charge is -2.39. The Kier molecular flexibility index (Phi) is 3.76. The molecule has 1 atom stereocenters. The highest BCUT2D eigenvalue weighted by atomic mass is 15.3. The second-order valence-corrected chi connectivity index (χ2v) is 6.84. The van der Waals surface area contributed by atoms with E-state index in [2.05, 4.69) is 39.0 Å². The Morgan fingerprint density at radius 3 is 2.14 bits per heavy atom. The molecule has 3 heteroatoms. The van der Waals surface area contributed by atoms with E-state index >= 15 is 0 Å². The minimum atomic E-state index is 0.806. The van der Waals surface area contributed by atoms with Crippen LogP contribution in [0, 0.1) is 0 Å². The molecule has 1 unspecified atom stereocenters. The number of nitrogens with zero attached hydrogens (tertiary/aromatic N) is 3. The van der Waals surface area contributed by atoms with Gasteiger partial charge in [0.1, 0.15) is 0 Å². The van der Waals surface area contributed by atoms with Crippen LogP contribution >= 0.6 is 0 Å². The molecule has 21 heavy (non-hydrogen) atoms. The molecule has 0 spiro atoms. The summed E-state index contributed by atoms with van der Waals surface area (Å²) < 4.78 is 0. The number of piperidine rings is 1. The van der Waals surface area contributed by atoms with Gasteiger partial charge in [-0.05, 0) is 62.9 Å². The molecule has 3 nitrogen and oxygen atoms in total. The summed E-state index contributed by atoms with van der Waals surface area (Å²) in [5.74, 6) is 0. The molecule has 114 valence electrons. The van der Waals surface area contributed by atoms with Crippen molar-refractivity contribution in [2.45, 2.75) is 38.1 Å². The first-order valence-electron chi connectivity index (χ1n) is 8.74. The van der Waals surface area contributed by atoms with Crippen LogP contribution in [0.3, 0.4) is 0 Å². The SMILES string of the molecule is c1cc(N2CCN3CCCC3C2)ccc1N1CCCCC1. The Morgan fingerprint density at radius 2 is 1.38 bits per heavy atom. The summed E-state index contributed by atoms with van der Waals surface area (Å²) in [6, 6.07) is 10.2. The Hall–Kier alpha value is -1.22. The molecule has 0 N–H and O–H groups in total. The fraction of sp³-hybridized carbons (Fsp3) is 0.667. The standard InChI is InChI=1S/C18H27N3/c1-2-10-19(11-3-1)16-6-8-17(9-7-16)21-14-13-20-12-4-5-18(20)15-21/h6-9,18H,1-5,10-15H2. The van der Waals surface area contributed by atoms with Crippen molar-refractivity contribution in [3.05, 3.63) is 24.3 Å². The van der Waals surface area contributed by atoms with Gasteiger partial charge in [0, 0.05) is 50.1 Å². The summed E-state index contributed by atoms with van der Waals surface area (Å²) in [5.41, 5.74) is 2.83. The first-order chi connectivity index (χ1) is 10.4. The van der Waals surface area contributed by atoms with Crippen LogP contribution in [0.1, 0.15) is 32.1 Å². The fourth-order valence-corrected chi connectivity index (χ4v) is 4.25. The zero-order valence-electron chi connectivity index (χ0n) is 13.0. The molecule has 1 aromatic carbocycles. The molecule has 3 saturated heterocycles. The Morgan fingerprint density at radius 1 is 0.667 bits per heavy atom. The number of hydrogen-bond donors (Lipinski definition) is 0. The highest BCUT2D eigenvalue weighted by Crippen LogP contribution is 2.27. The van der Waals surface area contributed by atoms with Crippen molar-refractivity contribution in [2.75, 3.05) is 49.1 Å². The van der Waals surface area contributed by atoms with Crippen LogP contribution in [-0.4, -0.2) is 50.2 Å². The molecule has 3 heterocycles. The second kappa shape index (κ2) is 5.88. The average Bonchev–Trinajstić information content (AvgIpc) is 3.03. The van der Waals surface area contributed by atoms with E-state index in [0.29, 0.717) is 0 Å². The monoisotopic (exact) mass is 285 g/mol. The maximum atomic E-state index is 2.68. The van der Waals surface area contributed by atoms with Crippen LogP contribution in [0.2, 0.25) is 0 Å². The molecule has 3 fully saturated rings. The molecule has 0 aromatic heterocycles. The zero-order valence-corrected chi connectivity index (χ0v) is 13.0. The van der Waals surface area contributed by atoms with Crippen molar-refractivity contribution < 1.29 is 0 Å². The van der Waals surface area contributed by atoms with Crippen molar-refractivity contribution >= 4 is 11.4 Å². The molecule has 0 aliphatic carbocycles. The van der Waals surface area contributed by atoms with E-state index in [1.165, 1.54) is 82.7 Å². The number of anilines is 2. The molecular weight excluding hydrogens is 258 g/mol. The van der Waals surface area contributed by atoms with E-state index in [1.54, 1.807) is 0 Å². The fourth-order valence-electron chi connectivity index (χ4n) is 4.25. The van der Waals surface area contributed by atoms with Crippen LogP contribution in [0.15, 0.2) is 24.3 Å². The van der Waals surface area contributed by atoms with Crippen molar-refractivity contribution in [1.82, 2.24) is 4.90 Å². The lowest BCUT2D eigenvalue weighted by atomic mass is 10.1. The van der Waals surface area contributed by atoms with Crippen LogP contribution < -0.4 is 9.80 Å². The van der Waals surface area contributed by atoms with Gasteiger partial charge in [0.2, 0.25) is 0 Å². The normalized spacial score (nSPS) is 27.0. The smallest absolute Gasteiger partial charge is 0.0368 e. The van der Waals surface area contributed by atoms with Gasteiger partial charge in [0.15, 0.2) is 0 Å². The minimum absolute atomic E-state index is 0.806. The topological polar surface area (TPSA) is 9.72 Å². The van der Waals surface area contributed by atoms with Crippen molar-refractivity contribution in [3.63, 3.8) is 0 Å². The summed E-state index contributed by atoms with van der Waals surface area (Å²) in [6.45, 7) is 7.47. The predicted octanol–water partition coefficient (Wildman–Crippen LogP) is 2.96. The van der Waals surface area contributed by atoms with Gasteiger partial charge in [0.25, 0.3) is 0 Å². The Balaban J connectivity index is 1.43. The predicted molar refractivity (Wildman–Crippen MR) is 89.3 cm³/mol. The zero-order chi connectivity index (χ0) is 14.1. The minimum Gasteiger partial charge on any atom is -0.372 e. The van der Waals surface area contributed by atoms with E-state index in [1.807, 2.05) is 0 Å². The third-order valence-corrected chi connectivity index (χ3v) is 5.52. The highest BCUT2D eigenvalue weighted by molar-refractivity contribution is 5.57. The van der Waals surface area contributed by atoms with Crippen LogP contribution in [0.25, 0.3) is 0 Å². The maximum Gasteiger partial charge on any atom is 0.0368 e. The van der Waals surface area contributed by atoms with Gasteiger partial charge in [-0.15, -0.1) is 0 Å². The first-order valence-corrected chi connectivity index (χ1v) is 8.74. The number of piperazine rings is 1. The Labute approximate surface area is 128 Å². The number of hydrogen-bond acceptors (Lipinski definition) is 3. The summed E-state index contributed by atoms with van der Waals surface area (Å²) in [6.07, 6.45) is 6.89.